The van der Waals surface area contributed by atoms with Crippen molar-refractivity contribution in [2.45, 2.75) is 13.0 Å². The first kappa shape index (κ1) is 18.6. The van der Waals surface area contributed by atoms with Crippen LogP contribution in [0.1, 0.15) is 6.92 Å². The summed E-state index contributed by atoms with van der Waals surface area (Å²) in [5.74, 6) is -0.817. The van der Waals surface area contributed by atoms with Gasteiger partial charge >= 0.3 is 5.97 Å². The molecule has 0 aromatic rings. The zero-order valence-electron chi connectivity index (χ0n) is 10.5. The maximum atomic E-state index is 9.87. The van der Waals surface area contributed by atoms with E-state index in [1.165, 1.54) is 0 Å². The number of hydrogen-bond acceptors (Lipinski definition) is 6. The minimum atomic E-state index is -0.817. The number of aliphatic hydroxyl groups is 3. The molecule has 0 aromatic carbocycles. The van der Waals surface area contributed by atoms with Crippen molar-refractivity contribution in [2.24, 2.45) is 0 Å². The Kier molecular flexibility index (Phi) is 14.6. The molecule has 7 heteroatoms. The van der Waals surface area contributed by atoms with Crippen LogP contribution in [-0.4, -0.2) is 83.8 Å². The van der Waals surface area contributed by atoms with Gasteiger partial charge in [0, 0.05) is 19.6 Å². The summed E-state index contributed by atoms with van der Waals surface area (Å²) in [6.07, 6.45) is 0. The number of nitrogens with one attached hydrogen (secondary N) is 1. The van der Waals surface area contributed by atoms with E-state index in [1.54, 1.807) is 18.9 Å². The lowest BCUT2D eigenvalue weighted by Crippen LogP contribution is -2.32. The van der Waals surface area contributed by atoms with Crippen LogP contribution in [-0.2, 0) is 4.79 Å². The number of hydrogen-bond donors (Lipinski definition) is 5. The lowest BCUT2D eigenvalue weighted by molar-refractivity contribution is -0.138. The Bertz CT molecular complexity index is 166. The van der Waals surface area contributed by atoms with Crippen LogP contribution in [0.5, 0.6) is 0 Å². The maximum Gasteiger partial charge on any atom is 0.320 e. The van der Waals surface area contributed by atoms with Gasteiger partial charge in [0.25, 0.3) is 0 Å². The Labute approximate surface area is 102 Å². The summed E-state index contributed by atoms with van der Waals surface area (Å²) in [6, 6.07) is -0.431. The summed E-state index contributed by atoms with van der Waals surface area (Å²) in [6.45, 7) is 3.34. The highest BCUT2D eigenvalue weighted by molar-refractivity contribution is 5.72. The number of aliphatic hydroxyl groups excluding tert-OH is 3. The van der Waals surface area contributed by atoms with Gasteiger partial charge in [0.15, 0.2) is 0 Å². The average molecular weight is 252 g/mol. The summed E-state index contributed by atoms with van der Waals surface area (Å²) < 4.78 is 0. The van der Waals surface area contributed by atoms with Gasteiger partial charge in [0.05, 0.1) is 19.8 Å². The predicted molar refractivity (Wildman–Crippen MR) is 63.9 cm³/mol. The first-order valence-corrected chi connectivity index (χ1v) is 5.48. The number of carbonyl (C=O) groups is 1. The average Bonchev–Trinajstić information content (AvgIpc) is 2.30. The van der Waals surface area contributed by atoms with Crippen LogP contribution in [0.25, 0.3) is 0 Å². The number of aliphatic carboxylic acids is 1. The molecule has 0 heterocycles. The van der Waals surface area contributed by atoms with Crippen molar-refractivity contribution < 1.29 is 25.2 Å². The lowest BCUT2D eigenvalue weighted by atomic mass is 10.4. The van der Waals surface area contributed by atoms with Crippen molar-refractivity contribution in [1.29, 1.82) is 0 Å². The van der Waals surface area contributed by atoms with Gasteiger partial charge in [-0.2, -0.15) is 0 Å². The molecule has 0 spiro atoms. The Morgan fingerprint density at radius 2 is 1.47 bits per heavy atom. The summed E-state index contributed by atoms with van der Waals surface area (Å²) in [5, 5.41) is 36.1. The Hall–Kier alpha value is -0.730. The van der Waals surface area contributed by atoms with Crippen molar-refractivity contribution in [2.75, 3.05) is 46.5 Å². The number of likely N-dealkylation sites (N-methyl/N-ethyl adjacent to an activating group) is 1. The summed E-state index contributed by atoms with van der Waals surface area (Å²) >= 11 is 0. The molecule has 0 saturated carbocycles. The third kappa shape index (κ3) is 13.2. The Balaban J connectivity index is 0. The Morgan fingerprint density at radius 1 is 1.12 bits per heavy atom. The van der Waals surface area contributed by atoms with E-state index in [0.29, 0.717) is 19.6 Å². The standard InChI is InChI=1S/C6H15NO3.C4H9NO2/c8-4-1-7(2-5-9)3-6-10;1-3(5-2)4(6)7/h8-10H,1-6H2;3,5H,1-2H3,(H,6,7)/t;3-/m.0/s1. The molecule has 0 saturated heterocycles. The van der Waals surface area contributed by atoms with Crippen LogP contribution in [0.3, 0.4) is 0 Å². The molecule has 7 nitrogen and oxygen atoms in total. The van der Waals surface area contributed by atoms with E-state index in [9.17, 15) is 4.79 Å². The van der Waals surface area contributed by atoms with E-state index in [-0.39, 0.29) is 19.8 Å². The monoisotopic (exact) mass is 252 g/mol. The highest BCUT2D eigenvalue weighted by Gasteiger charge is 2.04. The first-order chi connectivity index (χ1) is 8.03. The number of carboxylic acid groups (broad SMARTS) is 1. The fraction of sp³-hybridized carbons (Fsp3) is 0.900. The van der Waals surface area contributed by atoms with Gasteiger partial charge in [-0.15, -0.1) is 0 Å². The minimum absolute atomic E-state index is 0.0694. The third-order valence-electron chi connectivity index (χ3n) is 2.05. The van der Waals surface area contributed by atoms with Gasteiger partial charge < -0.3 is 25.7 Å². The van der Waals surface area contributed by atoms with Crippen molar-refractivity contribution in [3.05, 3.63) is 0 Å². The second-order valence-electron chi connectivity index (χ2n) is 3.36. The quantitative estimate of drug-likeness (QED) is 0.338. The van der Waals surface area contributed by atoms with Gasteiger partial charge in [-0.3, -0.25) is 9.69 Å². The normalized spacial score (nSPS) is 11.9. The van der Waals surface area contributed by atoms with Crippen molar-refractivity contribution in [3.63, 3.8) is 0 Å². The molecule has 0 aliphatic rings. The zero-order chi connectivity index (χ0) is 13.7. The molecular formula is C10H24N2O5. The molecule has 0 aliphatic heterocycles. The maximum absolute atomic E-state index is 9.87. The van der Waals surface area contributed by atoms with E-state index in [4.69, 9.17) is 20.4 Å². The zero-order valence-corrected chi connectivity index (χ0v) is 10.5. The van der Waals surface area contributed by atoms with Gasteiger partial charge in [-0.05, 0) is 14.0 Å². The van der Waals surface area contributed by atoms with Crippen LogP contribution in [0.15, 0.2) is 0 Å². The smallest absolute Gasteiger partial charge is 0.320 e. The van der Waals surface area contributed by atoms with Gasteiger partial charge in [-0.1, -0.05) is 0 Å². The molecule has 0 unspecified atom stereocenters. The first-order valence-electron chi connectivity index (χ1n) is 5.48. The van der Waals surface area contributed by atoms with Crippen LogP contribution >= 0.6 is 0 Å². The van der Waals surface area contributed by atoms with Crippen LogP contribution in [0, 0.1) is 0 Å². The van der Waals surface area contributed by atoms with E-state index in [1.807, 2.05) is 0 Å². The third-order valence-corrected chi connectivity index (χ3v) is 2.05. The largest absolute Gasteiger partial charge is 0.480 e. The molecule has 0 fully saturated rings. The Morgan fingerprint density at radius 3 is 1.59 bits per heavy atom. The van der Waals surface area contributed by atoms with E-state index in [2.05, 4.69) is 5.32 Å². The predicted octanol–water partition coefficient (Wildman–Crippen LogP) is -2.06. The molecule has 0 aromatic heterocycles. The van der Waals surface area contributed by atoms with Gasteiger partial charge in [0.1, 0.15) is 6.04 Å². The fourth-order valence-electron chi connectivity index (χ4n) is 0.883. The molecule has 0 aliphatic carbocycles. The van der Waals surface area contributed by atoms with Crippen LogP contribution < -0.4 is 5.32 Å². The number of nitrogens with zero attached hydrogens (tertiary/aromatic N) is 1. The highest BCUT2D eigenvalue weighted by Crippen LogP contribution is 1.84. The van der Waals surface area contributed by atoms with Gasteiger partial charge in [-0.25, -0.2) is 0 Å². The molecule has 5 N–H and O–H groups in total. The molecule has 0 amide bonds. The van der Waals surface area contributed by atoms with E-state index >= 15 is 0 Å². The molecule has 0 bridgehead atoms. The lowest BCUT2D eigenvalue weighted by Gasteiger charge is -2.17. The number of rotatable bonds is 8. The van der Waals surface area contributed by atoms with Crippen LogP contribution in [0.4, 0.5) is 0 Å². The van der Waals surface area contributed by atoms with Crippen LogP contribution in [0.2, 0.25) is 0 Å². The highest BCUT2D eigenvalue weighted by atomic mass is 16.4. The molecule has 104 valence electrons. The van der Waals surface area contributed by atoms with E-state index < -0.39 is 12.0 Å². The van der Waals surface area contributed by atoms with Crippen molar-refractivity contribution in [1.82, 2.24) is 10.2 Å². The summed E-state index contributed by atoms with van der Waals surface area (Å²) in [4.78, 5) is 11.7. The second-order valence-corrected chi connectivity index (χ2v) is 3.36. The van der Waals surface area contributed by atoms with Gasteiger partial charge in [0.2, 0.25) is 0 Å². The summed E-state index contributed by atoms with van der Waals surface area (Å²) in [7, 11) is 1.61. The summed E-state index contributed by atoms with van der Waals surface area (Å²) in [5.41, 5.74) is 0. The molecule has 0 radical (unpaired) electrons. The SMILES string of the molecule is CN[C@@H](C)C(=O)O.OCCN(CCO)CCO. The molecule has 17 heavy (non-hydrogen) atoms. The fourth-order valence-corrected chi connectivity index (χ4v) is 0.883. The van der Waals surface area contributed by atoms with Crippen molar-refractivity contribution >= 4 is 5.97 Å². The minimum Gasteiger partial charge on any atom is -0.480 e. The topological polar surface area (TPSA) is 113 Å². The second kappa shape index (κ2) is 13.3. The molecular weight excluding hydrogens is 228 g/mol. The molecule has 0 rings (SSSR count). The molecule has 1 atom stereocenters. The van der Waals surface area contributed by atoms with E-state index in [0.717, 1.165) is 0 Å². The van der Waals surface area contributed by atoms with Crippen molar-refractivity contribution in [3.8, 4) is 0 Å². The number of carboxylic acids is 1.